The van der Waals surface area contributed by atoms with Gasteiger partial charge >= 0.3 is 0 Å². The summed E-state index contributed by atoms with van der Waals surface area (Å²) in [5.41, 5.74) is 5.45. The van der Waals surface area contributed by atoms with Crippen molar-refractivity contribution in [1.82, 2.24) is 10.0 Å². The molecule has 0 aromatic carbocycles. The predicted octanol–water partition coefficient (Wildman–Crippen LogP) is 1.41. The maximum absolute atomic E-state index is 12.3. The number of aromatic nitrogens is 1. The molecule has 120 valence electrons. The number of carbonyl (C=O) groups excluding carboxylic acids is 2. The quantitative estimate of drug-likeness (QED) is 0.552. The number of nitrogens with zero attached hydrogens (tertiary/aromatic N) is 2. The molecule has 0 saturated heterocycles. The Kier molecular flexibility index (Phi) is 9.89. The molecule has 0 aliphatic rings. The summed E-state index contributed by atoms with van der Waals surface area (Å²) >= 11 is 1.32. The molecule has 0 aliphatic heterocycles. The average Bonchev–Trinajstić information content (AvgIpc) is 2.90. The number of unbranched alkanes of at least 4 members (excludes halogenated alkanes) is 1. The van der Waals surface area contributed by atoms with E-state index in [-0.39, 0.29) is 24.2 Å². The summed E-state index contributed by atoms with van der Waals surface area (Å²) in [4.78, 5) is 32.8. The highest BCUT2D eigenvalue weighted by molar-refractivity contribution is 7.13. The van der Waals surface area contributed by atoms with Gasteiger partial charge in [-0.05, 0) is 25.8 Å². The van der Waals surface area contributed by atoms with Crippen molar-refractivity contribution in [2.45, 2.75) is 32.2 Å². The fourth-order valence-corrected chi connectivity index (χ4v) is 2.32. The van der Waals surface area contributed by atoms with E-state index < -0.39 is 6.04 Å². The summed E-state index contributed by atoms with van der Waals surface area (Å²) < 4.78 is 0. The number of hydrogen-bond donors (Lipinski definition) is 2. The number of thiazole rings is 1. The first-order valence-electron chi connectivity index (χ1n) is 6.34. The maximum Gasteiger partial charge on any atom is 0.251 e. The molecule has 1 atom stereocenters. The Bertz CT molecular complexity index is 430. The van der Waals surface area contributed by atoms with Crippen LogP contribution in [0.5, 0.6) is 0 Å². The van der Waals surface area contributed by atoms with E-state index in [1.165, 1.54) is 25.4 Å². The molecule has 1 rings (SSSR count). The number of rotatable bonds is 8. The number of nitrogens with two attached hydrogens (primary N) is 1. The Hall–Kier alpha value is -1.22. The minimum atomic E-state index is -0.687. The lowest BCUT2D eigenvalue weighted by Crippen LogP contribution is -2.46. The SMILES string of the molecule is CON(C(C)=O)C(CCCCN)C(=O)Nc1nccs1.Cl. The highest BCUT2D eigenvalue weighted by atomic mass is 35.5. The van der Waals surface area contributed by atoms with Crippen molar-refractivity contribution in [3.8, 4) is 0 Å². The number of amides is 2. The lowest BCUT2D eigenvalue weighted by atomic mass is 10.1. The van der Waals surface area contributed by atoms with Crippen LogP contribution in [0, 0.1) is 0 Å². The number of hydrogen-bond acceptors (Lipinski definition) is 6. The summed E-state index contributed by atoms with van der Waals surface area (Å²) in [6, 6.07) is -0.687. The van der Waals surface area contributed by atoms with E-state index >= 15 is 0 Å². The van der Waals surface area contributed by atoms with Crippen molar-refractivity contribution >= 4 is 40.7 Å². The normalized spacial score (nSPS) is 11.4. The van der Waals surface area contributed by atoms with Crippen LogP contribution in [0.3, 0.4) is 0 Å². The molecular formula is C12H21ClN4O3S. The Labute approximate surface area is 134 Å². The summed E-state index contributed by atoms with van der Waals surface area (Å²) in [5.74, 6) is -0.631. The molecule has 0 fully saturated rings. The Morgan fingerprint density at radius 1 is 1.52 bits per heavy atom. The highest BCUT2D eigenvalue weighted by Crippen LogP contribution is 2.15. The van der Waals surface area contributed by atoms with Crippen LogP contribution in [0.4, 0.5) is 5.13 Å². The number of carbonyl (C=O) groups is 2. The zero-order valence-electron chi connectivity index (χ0n) is 12.1. The zero-order chi connectivity index (χ0) is 15.0. The molecule has 0 spiro atoms. The van der Waals surface area contributed by atoms with Crippen molar-refractivity contribution in [3.05, 3.63) is 11.6 Å². The van der Waals surface area contributed by atoms with Crippen molar-refractivity contribution in [2.75, 3.05) is 19.0 Å². The molecule has 1 aromatic heterocycles. The second-order valence-corrected chi connectivity index (χ2v) is 5.05. The number of nitrogens with one attached hydrogen (secondary N) is 1. The summed E-state index contributed by atoms with van der Waals surface area (Å²) in [7, 11) is 1.37. The van der Waals surface area contributed by atoms with Crippen LogP contribution >= 0.6 is 23.7 Å². The van der Waals surface area contributed by atoms with E-state index in [0.717, 1.165) is 17.9 Å². The molecule has 3 N–H and O–H groups in total. The van der Waals surface area contributed by atoms with Gasteiger partial charge in [-0.1, -0.05) is 0 Å². The topological polar surface area (TPSA) is 97.5 Å². The standard InChI is InChI=1S/C12H20N4O3S.ClH/c1-9(17)16(19-2)10(5-3-4-6-13)11(18)15-12-14-7-8-20-12;/h7-8,10H,3-6,13H2,1-2H3,(H,14,15,18);1H. The van der Waals surface area contributed by atoms with Crippen LogP contribution in [0.25, 0.3) is 0 Å². The van der Waals surface area contributed by atoms with Crippen LogP contribution in [-0.2, 0) is 14.4 Å². The van der Waals surface area contributed by atoms with Crippen molar-refractivity contribution in [3.63, 3.8) is 0 Å². The van der Waals surface area contributed by atoms with E-state index in [1.54, 1.807) is 11.6 Å². The number of halogens is 1. The molecule has 0 radical (unpaired) electrons. The predicted molar refractivity (Wildman–Crippen MR) is 84.2 cm³/mol. The van der Waals surface area contributed by atoms with Crippen molar-refractivity contribution in [1.29, 1.82) is 0 Å². The van der Waals surface area contributed by atoms with Gasteiger partial charge in [0.05, 0.1) is 7.11 Å². The van der Waals surface area contributed by atoms with Crippen LogP contribution in [-0.4, -0.2) is 41.6 Å². The first-order chi connectivity index (χ1) is 9.60. The number of hydroxylamine groups is 2. The third-order valence-corrected chi connectivity index (χ3v) is 3.38. The zero-order valence-corrected chi connectivity index (χ0v) is 13.7. The van der Waals surface area contributed by atoms with Gasteiger partial charge in [0.25, 0.3) is 5.91 Å². The van der Waals surface area contributed by atoms with Gasteiger partial charge in [0.15, 0.2) is 5.13 Å². The molecule has 0 saturated carbocycles. The summed E-state index contributed by atoms with van der Waals surface area (Å²) in [6.45, 7) is 1.91. The molecule has 1 aromatic rings. The van der Waals surface area contributed by atoms with Crippen LogP contribution < -0.4 is 11.1 Å². The monoisotopic (exact) mass is 336 g/mol. The van der Waals surface area contributed by atoms with Crippen molar-refractivity contribution < 1.29 is 14.4 Å². The third kappa shape index (κ3) is 6.38. The van der Waals surface area contributed by atoms with Gasteiger partial charge in [0.1, 0.15) is 6.04 Å². The van der Waals surface area contributed by atoms with Crippen molar-refractivity contribution in [2.24, 2.45) is 5.73 Å². The largest absolute Gasteiger partial charge is 0.330 e. The highest BCUT2D eigenvalue weighted by Gasteiger charge is 2.28. The molecule has 1 heterocycles. The molecular weight excluding hydrogens is 316 g/mol. The molecule has 7 nitrogen and oxygen atoms in total. The molecule has 9 heteroatoms. The molecule has 1 unspecified atom stereocenters. The van der Waals surface area contributed by atoms with Gasteiger partial charge in [-0.25, -0.2) is 10.0 Å². The second-order valence-electron chi connectivity index (χ2n) is 4.15. The van der Waals surface area contributed by atoms with Gasteiger partial charge in [0.2, 0.25) is 5.91 Å². The van der Waals surface area contributed by atoms with E-state index in [0.29, 0.717) is 18.1 Å². The minimum Gasteiger partial charge on any atom is -0.330 e. The second kappa shape index (κ2) is 10.5. The number of anilines is 1. The van der Waals surface area contributed by atoms with Gasteiger partial charge in [-0.15, -0.1) is 23.7 Å². The molecule has 21 heavy (non-hydrogen) atoms. The average molecular weight is 337 g/mol. The lowest BCUT2D eigenvalue weighted by molar-refractivity contribution is -0.188. The van der Waals surface area contributed by atoms with Gasteiger partial charge < -0.3 is 11.1 Å². The van der Waals surface area contributed by atoms with E-state index in [1.807, 2.05) is 0 Å². The lowest BCUT2D eigenvalue weighted by Gasteiger charge is -2.27. The van der Waals surface area contributed by atoms with Gasteiger partial charge in [-0.2, -0.15) is 0 Å². The summed E-state index contributed by atoms with van der Waals surface area (Å²) in [6.07, 6.45) is 3.61. The van der Waals surface area contributed by atoms with Crippen LogP contribution in [0.2, 0.25) is 0 Å². The molecule has 0 aliphatic carbocycles. The minimum absolute atomic E-state index is 0. The van der Waals surface area contributed by atoms with E-state index in [4.69, 9.17) is 10.6 Å². The van der Waals surface area contributed by atoms with E-state index in [2.05, 4.69) is 10.3 Å². The summed E-state index contributed by atoms with van der Waals surface area (Å²) in [5, 5.41) is 6.03. The first kappa shape index (κ1) is 19.8. The fraction of sp³-hybridized carbons (Fsp3) is 0.583. The maximum atomic E-state index is 12.3. The third-order valence-electron chi connectivity index (χ3n) is 2.69. The fourth-order valence-electron chi connectivity index (χ4n) is 1.79. The Balaban J connectivity index is 0.00000400. The van der Waals surface area contributed by atoms with Gasteiger partial charge in [-0.3, -0.25) is 14.4 Å². The molecule has 2 amide bonds. The van der Waals surface area contributed by atoms with Gasteiger partial charge in [0, 0.05) is 18.5 Å². The smallest absolute Gasteiger partial charge is 0.251 e. The molecule has 0 bridgehead atoms. The first-order valence-corrected chi connectivity index (χ1v) is 7.22. The van der Waals surface area contributed by atoms with Crippen LogP contribution in [0.15, 0.2) is 11.6 Å². The van der Waals surface area contributed by atoms with E-state index in [9.17, 15) is 9.59 Å². The van der Waals surface area contributed by atoms with Crippen LogP contribution in [0.1, 0.15) is 26.2 Å². The Morgan fingerprint density at radius 2 is 2.24 bits per heavy atom. The Morgan fingerprint density at radius 3 is 2.71 bits per heavy atom.